The summed E-state index contributed by atoms with van der Waals surface area (Å²) in [5.74, 6) is 0.217. The molecule has 0 spiro atoms. The van der Waals surface area contributed by atoms with Crippen molar-refractivity contribution in [3.63, 3.8) is 0 Å². The van der Waals surface area contributed by atoms with Crippen molar-refractivity contribution in [2.45, 2.75) is 25.4 Å². The summed E-state index contributed by atoms with van der Waals surface area (Å²) in [6.45, 7) is 3.32. The highest BCUT2D eigenvalue weighted by Crippen LogP contribution is 2.33. The molecule has 7 nitrogen and oxygen atoms in total. The third-order valence-electron chi connectivity index (χ3n) is 5.61. The molecule has 0 bridgehead atoms. The van der Waals surface area contributed by atoms with E-state index in [1.807, 2.05) is 28.9 Å². The van der Waals surface area contributed by atoms with Gasteiger partial charge >= 0.3 is 0 Å². The summed E-state index contributed by atoms with van der Waals surface area (Å²) in [6, 6.07) is 18.3. The molecule has 8 heteroatoms. The molecule has 2 atom stereocenters. The van der Waals surface area contributed by atoms with Crippen LogP contribution in [0, 0.1) is 5.82 Å². The molecule has 0 radical (unpaired) electrons. The fourth-order valence-electron chi connectivity index (χ4n) is 3.88. The first-order valence-electron chi connectivity index (χ1n) is 10.6. The molecule has 162 valence electrons. The lowest BCUT2D eigenvalue weighted by Crippen LogP contribution is -2.13. The lowest BCUT2D eigenvalue weighted by molar-refractivity contribution is 0.184. The topological polar surface area (TPSA) is 77.8 Å². The molecule has 2 aromatic carbocycles. The van der Waals surface area contributed by atoms with Gasteiger partial charge in [-0.05, 0) is 49.2 Å². The van der Waals surface area contributed by atoms with Crippen molar-refractivity contribution in [1.29, 1.82) is 0 Å². The highest BCUT2D eigenvalue weighted by molar-refractivity contribution is 5.76. The maximum atomic E-state index is 13.5. The summed E-state index contributed by atoms with van der Waals surface area (Å²) in [6.07, 6.45) is 2.57. The molecule has 0 saturated carbocycles. The molecule has 0 amide bonds. The summed E-state index contributed by atoms with van der Waals surface area (Å²) in [5, 5.41) is 12.2. The average Bonchev–Trinajstić information content (AvgIpc) is 3.50. The van der Waals surface area contributed by atoms with Gasteiger partial charge in [0.2, 0.25) is 5.95 Å². The Balaban J connectivity index is 1.54. The van der Waals surface area contributed by atoms with Gasteiger partial charge in [0, 0.05) is 18.4 Å². The van der Waals surface area contributed by atoms with Gasteiger partial charge in [0.1, 0.15) is 17.2 Å². The summed E-state index contributed by atoms with van der Waals surface area (Å²) in [4.78, 5) is 9.19. The second-order valence-electron chi connectivity index (χ2n) is 7.80. The van der Waals surface area contributed by atoms with Crippen LogP contribution < -0.4 is 5.32 Å². The zero-order chi connectivity index (χ0) is 21.9. The van der Waals surface area contributed by atoms with Crippen LogP contribution >= 0.6 is 0 Å². The molecule has 1 saturated heterocycles. The van der Waals surface area contributed by atoms with Crippen LogP contribution in [-0.4, -0.2) is 38.2 Å². The highest BCUT2D eigenvalue weighted by Gasteiger charge is 2.26. The first-order chi connectivity index (χ1) is 15.7. The molecule has 1 fully saturated rings. The zero-order valence-corrected chi connectivity index (χ0v) is 17.6. The van der Waals surface area contributed by atoms with Gasteiger partial charge in [0.05, 0.1) is 24.4 Å². The number of nitrogens with one attached hydrogen (secondary N) is 1. The smallest absolute Gasteiger partial charge is 0.223 e. The van der Waals surface area contributed by atoms with Gasteiger partial charge < -0.3 is 10.1 Å². The second kappa shape index (κ2) is 8.84. The number of benzene rings is 2. The summed E-state index contributed by atoms with van der Waals surface area (Å²) < 4.78 is 21.0. The molecule has 2 unspecified atom stereocenters. The third-order valence-corrected chi connectivity index (χ3v) is 5.61. The van der Waals surface area contributed by atoms with Gasteiger partial charge in [0.15, 0.2) is 0 Å². The first kappa shape index (κ1) is 20.3. The number of ether oxygens (including phenoxy) is 1. The molecule has 4 aromatic rings. The molecular formula is C24H23FN6O. The van der Waals surface area contributed by atoms with Crippen molar-refractivity contribution < 1.29 is 9.13 Å². The van der Waals surface area contributed by atoms with Crippen LogP contribution in [0.5, 0.6) is 0 Å². The molecule has 1 aliphatic heterocycles. The van der Waals surface area contributed by atoms with Crippen molar-refractivity contribution in [3.8, 4) is 22.6 Å². The lowest BCUT2D eigenvalue weighted by atomic mass is 10.1. The predicted octanol–water partition coefficient (Wildman–Crippen LogP) is 4.68. The van der Waals surface area contributed by atoms with Crippen LogP contribution in [0.3, 0.4) is 0 Å². The van der Waals surface area contributed by atoms with Gasteiger partial charge in [-0.2, -0.15) is 0 Å². The van der Waals surface area contributed by atoms with E-state index in [1.54, 1.807) is 18.3 Å². The molecule has 0 aliphatic carbocycles. The van der Waals surface area contributed by atoms with E-state index in [1.165, 1.54) is 12.1 Å². The Morgan fingerprint density at radius 3 is 2.66 bits per heavy atom. The predicted molar refractivity (Wildman–Crippen MR) is 119 cm³/mol. The van der Waals surface area contributed by atoms with Crippen molar-refractivity contribution in [3.05, 3.63) is 78.2 Å². The van der Waals surface area contributed by atoms with Gasteiger partial charge in [-0.25, -0.2) is 19.0 Å². The number of aromatic nitrogens is 5. The summed E-state index contributed by atoms with van der Waals surface area (Å²) >= 11 is 0. The van der Waals surface area contributed by atoms with E-state index in [0.717, 1.165) is 23.2 Å². The van der Waals surface area contributed by atoms with Crippen LogP contribution in [0.1, 0.15) is 31.0 Å². The van der Waals surface area contributed by atoms with Crippen LogP contribution in [0.2, 0.25) is 0 Å². The molecule has 2 aromatic heterocycles. The number of nitrogens with zero attached hydrogens (tertiary/aromatic N) is 5. The number of hydrogen-bond donors (Lipinski definition) is 1. The maximum Gasteiger partial charge on any atom is 0.223 e. The molecular weight excluding hydrogens is 407 g/mol. The van der Waals surface area contributed by atoms with E-state index in [9.17, 15) is 4.39 Å². The maximum absolute atomic E-state index is 13.5. The lowest BCUT2D eigenvalue weighted by Gasteiger charge is -2.16. The van der Waals surface area contributed by atoms with Crippen molar-refractivity contribution in [2.75, 3.05) is 18.5 Å². The van der Waals surface area contributed by atoms with Crippen LogP contribution in [0.4, 0.5) is 10.3 Å². The molecule has 5 rings (SSSR count). The number of halogens is 1. The Morgan fingerprint density at radius 1 is 1.09 bits per heavy atom. The summed E-state index contributed by atoms with van der Waals surface area (Å²) in [7, 11) is 0. The quantitative estimate of drug-likeness (QED) is 0.479. The first-order valence-corrected chi connectivity index (χ1v) is 10.6. The van der Waals surface area contributed by atoms with Crippen molar-refractivity contribution in [2.24, 2.45) is 0 Å². The van der Waals surface area contributed by atoms with Crippen LogP contribution in [0.25, 0.3) is 22.6 Å². The minimum Gasteiger partial charge on any atom is -0.379 e. The molecule has 32 heavy (non-hydrogen) atoms. The van der Waals surface area contributed by atoms with Gasteiger partial charge in [-0.15, -0.1) is 5.10 Å². The molecule has 1 aliphatic rings. The Labute approximate surface area is 185 Å². The van der Waals surface area contributed by atoms with Crippen molar-refractivity contribution in [1.82, 2.24) is 25.0 Å². The summed E-state index contributed by atoms with van der Waals surface area (Å²) in [5.41, 5.74) is 4.03. The standard InChI is InChI=1S/C24H23FN6O/c1-16(17-5-3-2-4-6-17)27-24-26-13-11-21(28-24)23-22(18-7-9-19(25)10-8-18)29-30-31(23)20-12-14-32-15-20/h2-11,13,16,20H,12,14-15H2,1H3,(H,26,27,28). The fourth-order valence-corrected chi connectivity index (χ4v) is 3.88. The highest BCUT2D eigenvalue weighted by atomic mass is 19.1. The number of rotatable bonds is 6. The Kier molecular flexibility index (Phi) is 5.60. The Bertz CT molecular complexity index is 1190. The van der Waals surface area contributed by atoms with E-state index < -0.39 is 0 Å². The second-order valence-corrected chi connectivity index (χ2v) is 7.80. The molecule has 3 heterocycles. The number of hydrogen-bond acceptors (Lipinski definition) is 6. The minimum absolute atomic E-state index is 0.0364. The third kappa shape index (κ3) is 4.09. The van der Waals surface area contributed by atoms with E-state index in [0.29, 0.717) is 30.5 Å². The van der Waals surface area contributed by atoms with Crippen molar-refractivity contribution >= 4 is 5.95 Å². The Hall–Kier alpha value is -3.65. The van der Waals surface area contributed by atoms with Crippen LogP contribution in [-0.2, 0) is 4.74 Å². The largest absolute Gasteiger partial charge is 0.379 e. The van der Waals surface area contributed by atoms with Crippen LogP contribution in [0.15, 0.2) is 66.9 Å². The van der Waals surface area contributed by atoms with Gasteiger partial charge in [0.25, 0.3) is 0 Å². The SMILES string of the molecule is CC(Nc1nccc(-c2c(-c3ccc(F)cc3)nnn2C2CCOC2)n1)c1ccccc1. The van der Waals surface area contributed by atoms with E-state index in [4.69, 9.17) is 9.72 Å². The van der Waals surface area contributed by atoms with Gasteiger partial charge in [-0.3, -0.25) is 0 Å². The monoisotopic (exact) mass is 430 g/mol. The van der Waals surface area contributed by atoms with E-state index in [2.05, 4.69) is 39.7 Å². The van der Waals surface area contributed by atoms with E-state index >= 15 is 0 Å². The average molecular weight is 430 g/mol. The van der Waals surface area contributed by atoms with Gasteiger partial charge in [-0.1, -0.05) is 35.5 Å². The molecule has 1 N–H and O–H groups in total. The minimum atomic E-state index is -0.296. The zero-order valence-electron chi connectivity index (χ0n) is 17.6. The fraction of sp³-hybridized carbons (Fsp3) is 0.250. The Morgan fingerprint density at radius 2 is 1.91 bits per heavy atom. The normalized spacial score (nSPS) is 16.8. The van der Waals surface area contributed by atoms with E-state index in [-0.39, 0.29) is 17.9 Å². The number of anilines is 1.